The third-order valence-electron chi connectivity index (χ3n) is 7.02. The Morgan fingerprint density at radius 2 is 1.59 bits per heavy atom. The van der Waals surface area contributed by atoms with Crippen LogP contribution in [0, 0.1) is 5.92 Å². The lowest BCUT2D eigenvalue weighted by molar-refractivity contribution is -0.142. The van der Waals surface area contributed by atoms with Crippen LogP contribution in [0.5, 0.6) is 0 Å². The third kappa shape index (κ3) is 5.08. The van der Waals surface area contributed by atoms with E-state index in [1.54, 1.807) is 6.92 Å². The van der Waals surface area contributed by atoms with Gasteiger partial charge in [0.25, 0.3) is 0 Å². The smallest absolute Gasteiger partial charge is 0.407 e. The van der Waals surface area contributed by atoms with Crippen LogP contribution in [-0.2, 0) is 14.3 Å². The number of carboxylic acids is 1. The molecule has 0 unspecified atom stereocenters. The summed E-state index contributed by atoms with van der Waals surface area (Å²) in [5.41, 5.74) is 4.61. The number of ether oxygens (including phenoxy) is 1. The lowest BCUT2D eigenvalue weighted by Crippen LogP contribution is -2.50. The van der Waals surface area contributed by atoms with Crippen LogP contribution in [0.3, 0.4) is 0 Å². The zero-order chi connectivity index (χ0) is 24.1. The standard InChI is InChI=1S/C27H32N2O5/c1-2-23(26(31)32)28-25(30)21-14-4-3-5-15-24(21)29-27(33)34-16-22-19-12-8-6-10-17(19)18-11-7-9-13-20(18)22/h6-13,21-24H,2-5,14-16H2,1H3,(H,28,30)(H,29,33)(H,31,32)/t21-,23-,24+/m0/s1. The Kier molecular flexibility index (Phi) is 7.50. The Balaban J connectivity index is 1.41. The Labute approximate surface area is 199 Å². The number of fused-ring (bicyclic) bond motifs is 3. The van der Waals surface area contributed by atoms with Gasteiger partial charge < -0.3 is 20.5 Å². The molecule has 3 N–H and O–H groups in total. The van der Waals surface area contributed by atoms with Crippen LogP contribution >= 0.6 is 0 Å². The van der Waals surface area contributed by atoms with Crippen LogP contribution < -0.4 is 10.6 Å². The van der Waals surface area contributed by atoms with E-state index < -0.39 is 24.0 Å². The summed E-state index contributed by atoms with van der Waals surface area (Å²) in [7, 11) is 0. The van der Waals surface area contributed by atoms with Crippen molar-refractivity contribution in [3.63, 3.8) is 0 Å². The van der Waals surface area contributed by atoms with Crippen LogP contribution in [0.25, 0.3) is 11.1 Å². The Bertz CT molecular complexity index is 1010. The number of rotatable bonds is 7. The fourth-order valence-corrected chi connectivity index (χ4v) is 5.20. The molecule has 0 heterocycles. The molecule has 2 aromatic rings. The molecule has 2 amide bonds. The molecule has 0 spiro atoms. The van der Waals surface area contributed by atoms with E-state index in [1.807, 2.05) is 24.3 Å². The molecule has 7 nitrogen and oxygen atoms in total. The van der Waals surface area contributed by atoms with Gasteiger partial charge in [0.2, 0.25) is 5.91 Å². The van der Waals surface area contributed by atoms with E-state index in [1.165, 1.54) is 0 Å². The molecule has 0 saturated heterocycles. The fourth-order valence-electron chi connectivity index (χ4n) is 5.20. The van der Waals surface area contributed by atoms with Crippen molar-refractivity contribution in [3.8, 4) is 11.1 Å². The van der Waals surface area contributed by atoms with Crippen LogP contribution in [0.2, 0.25) is 0 Å². The summed E-state index contributed by atoms with van der Waals surface area (Å²) in [4.78, 5) is 37.0. The summed E-state index contributed by atoms with van der Waals surface area (Å²) < 4.78 is 5.68. The minimum absolute atomic E-state index is 0.0349. The molecule has 180 valence electrons. The molecule has 1 fully saturated rings. The van der Waals surface area contributed by atoms with Gasteiger partial charge in [0.05, 0.1) is 5.92 Å². The van der Waals surface area contributed by atoms with Gasteiger partial charge in [-0.25, -0.2) is 9.59 Å². The molecule has 2 aliphatic rings. The zero-order valence-corrected chi connectivity index (χ0v) is 19.5. The Morgan fingerprint density at radius 3 is 2.21 bits per heavy atom. The van der Waals surface area contributed by atoms with E-state index in [9.17, 15) is 19.5 Å². The van der Waals surface area contributed by atoms with E-state index in [0.717, 1.165) is 41.5 Å². The molecule has 3 atom stereocenters. The van der Waals surface area contributed by atoms with Crippen molar-refractivity contribution in [3.05, 3.63) is 59.7 Å². The van der Waals surface area contributed by atoms with Gasteiger partial charge in [-0.15, -0.1) is 0 Å². The molecule has 4 rings (SSSR count). The molecule has 7 heteroatoms. The highest BCUT2D eigenvalue weighted by Crippen LogP contribution is 2.44. The molecular formula is C27H32N2O5. The lowest BCUT2D eigenvalue weighted by Gasteiger charge is -2.26. The van der Waals surface area contributed by atoms with E-state index >= 15 is 0 Å². The summed E-state index contributed by atoms with van der Waals surface area (Å²) in [6, 6.07) is 15.0. The summed E-state index contributed by atoms with van der Waals surface area (Å²) in [6.07, 6.45) is 3.76. The summed E-state index contributed by atoms with van der Waals surface area (Å²) in [5, 5.41) is 14.8. The van der Waals surface area contributed by atoms with Gasteiger partial charge in [-0.05, 0) is 41.5 Å². The van der Waals surface area contributed by atoms with Gasteiger partial charge in [-0.1, -0.05) is 74.7 Å². The molecule has 0 radical (unpaired) electrons. The topological polar surface area (TPSA) is 105 Å². The molecular weight excluding hydrogens is 432 g/mol. The maximum Gasteiger partial charge on any atom is 0.407 e. The highest BCUT2D eigenvalue weighted by molar-refractivity contribution is 5.86. The minimum Gasteiger partial charge on any atom is -0.480 e. The quantitative estimate of drug-likeness (QED) is 0.525. The molecule has 0 aromatic heterocycles. The van der Waals surface area contributed by atoms with Crippen LogP contribution in [0.1, 0.15) is 62.5 Å². The predicted octanol–water partition coefficient (Wildman–Crippen LogP) is 4.45. The summed E-state index contributed by atoms with van der Waals surface area (Å²) >= 11 is 0. The van der Waals surface area contributed by atoms with Crippen molar-refractivity contribution in [2.45, 2.75) is 63.5 Å². The van der Waals surface area contributed by atoms with E-state index in [0.29, 0.717) is 19.3 Å². The number of alkyl carbamates (subject to hydrolysis) is 1. The summed E-state index contributed by atoms with van der Waals surface area (Å²) in [5.74, 6) is -1.88. The number of benzene rings is 2. The second-order valence-electron chi connectivity index (χ2n) is 9.13. The number of carbonyl (C=O) groups is 3. The zero-order valence-electron chi connectivity index (χ0n) is 19.5. The minimum atomic E-state index is -1.05. The fraction of sp³-hybridized carbons (Fsp3) is 0.444. The maximum atomic E-state index is 12.9. The molecule has 0 aliphatic heterocycles. The predicted molar refractivity (Wildman–Crippen MR) is 128 cm³/mol. The molecule has 0 bridgehead atoms. The van der Waals surface area contributed by atoms with Crippen molar-refractivity contribution in [1.29, 1.82) is 0 Å². The molecule has 1 saturated carbocycles. The van der Waals surface area contributed by atoms with Crippen LogP contribution in [-0.4, -0.2) is 41.8 Å². The van der Waals surface area contributed by atoms with Crippen LogP contribution in [0.4, 0.5) is 4.79 Å². The highest BCUT2D eigenvalue weighted by Gasteiger charge is 2.34. The summed E-state index contributed by atoms with van der Waals surface area (Å²) in [6.45, 7) is 1.93. The highest BCUT2D eigenvalue weighted by atomic mass is 16.5. The molecule has 2 aromatic carbocycles. The largest absolute Gasteiger partial charge is 0.480 e. The number of nitrogens with one attached hydrogen (secondary N) is 2. The first-order valence-electron chi connectivity index (χ1n) is 12.1. The van der Waals surface area contributed by atoms with Crippen molar-refractivity contribution in [2.24, 2.45) is 5.92 Å². The Hall–Kier alpha value is -3.35. The molecule has 34 heavy (non-hydrogen) atoms. The average Bonchev–Trinajstić information content (AvgIpc) is 2.97. The van der Waals surface area contributed by atoms with Gasteiger partial charge in [0, 0.05) is 12.0 Å². The van der Waals surface area contributed by atoms with Crippen molar-refractivity contribution in [1.82, 2.24) is 10.6 Å². The Morgan fingerprint density at radius 1 is 0.971 bits per heavy atom. The second-order valence-corrected chi connectivity index (χ2v) is 9.13. The number of hydrogen-bond donors (Lipinski definition) is 3. The van der Waals surface area contributed by atoms with Crippen molar-refractivity contribution in [2.75, 3.05) is 6.61 Å². The van der Waals surface area contributed by atoms with Gasteiger partial charge in [0.15, 0.2) is 0 Å². The van der Waals surface area contributed by atoms with Crippen molar-refractivity contribution >= 4 is 18.0 Å². The van der Waals surface area contributed by atoms with Crippen molar-refractivity contribution < 1.29 is 24.2 Å². The van der Waals surface area contributed by atoms with E-state index in [4.69, 9.17) is 4.74 Å². The monoisotopic (exact) mass is 464 g/mol. The number of amides is 2. The van der Waals surface area contributed by atoms with E-state index in [2.05, 4.69) is 34.9 Å². The van der Waals surface area contributed by atoms with Gasteiger partial charge in [0.1, 0.15) is 12.6 Å². The van der Waals surface area contributed by atoms with Gasteiger partial charge >= 0.3 is 12.1 Å². The maximum absolute atomic E-state index is 12.9. The van der Waals surface area contributed by atoms with Crippen LogP contribution in [0.15, 0.2) is 48.5 Å². The molecule has 2 aliphatic carbocycles. The normalized spacial score (nSPS) is 20.4. The average molecular weight is 465 g/mol. The lowest BCUT2D eigenvalue weighted by atomic mass is 9.93. The number of aliphatic carboxylic acids is 1. The first kappa shape index (κ1) is 23.8. The SMILES string of the molecule is CC[C@H](NC(=O)[C@H]1CCCCC[C@H]1NC(=O)OCC1c2ccccc2-c2ccccc21)C(=O)O. The first-order chi connectivity index (χ1) is 16.5. The number of hydrogen-bond acceptors (Lipinski definition) is 4. The number of carbonyl (C=O) groups excluding carboxylic acids is 2. The van der Waals surface area contributed by atoms with Gasteiger partial charge in [-0.3, -0.25) is 4.79 Å². The third-order valence-corrected chi connectivity index (χ3v) is 7.02. The second kappa shape index (κ2) is 10.7. The van der Waals surface area contributed by atoms with E-state index in [-0.39, 0.29) is 24.5 Å². The first-order valence-corrected chi connectivity index (χ1v) is 12.1. The number of carboxylic acid groups (broad SMARTS) is 1. The van der Waals surface area contributed by atoms with Gasteiger partial charge in [-0.2, -0.15) is 0 Å².